The first-order valence-corrected chi connectivity index (χ1v) is 8.22. The SMILES string of the molecule is CCOC(=O)C1(N)CCCC1CCSC(C)C(C)O. The van der Waals surface area contributed by atoms with Gasteiger partial charge in [0.25, 0.3) is 0 Å². The molecule has 1 fully saturated rings. The molecule has 0 heterocycles. The predicted molar refractivity (Wildman–Crippen MR) is 79.1 cm³/mol. The van der Waals surface area contributed by atoms with Crippen LogP contribution in [0.4, 0.5) is 0 Å². The lowest BCUT2D eigenvalue weighted by atomic mass is 9.86. The van der Waals surface area contributed by atoms with Gasteiger partial charge >= 0.3 is 5.97 Å². The first kappa shape index (κ1) is 16.8. The minimum absolute atomic E-state index is 0.209. The lowest BCUT2D eigenvalue weighted by molar-refractivity contribution is -0.151. The fourth-order valence-electron chi connectivity index (χ4n) is 2.57. The molecule has 1 rings (SSSR count). The minimum atomic E-state index is -0.787. The topological polar surface area (TPSA) is 72.5 Å². The summed E-state index contributed by atoms with van der Waals surface area (Å²) in [5, 5.41) is 9.67. The van der Waals surface area contributed by atoms with E-state index in [4.69, 9.17) is 10.5 Å². The number of ether oxygens (including phenoxy) is 1. The zero-order chi connectivity index (χ0) is 14.5. The monoisotopic (exact) mass is 289 g/mol. The number of aliphatic hydroxyl groups excluding tert-OH is 1. The van der Waals surface area contributed by atoms with Crippen molar-refractivity contribution in [2.75, 3.05) is 12.4 Å². The predicted octanol–water partition coefficient (Wildman–Crippen LogP) is 1.94. The van der Waals surface area contributed by atoms with Gasteiger partial charge in [0.05, 0.1) is 12.7 Å². The van der Waals surface area contributed by atoms with Crippen LogP contribution in [0.5, 0.6) is 0 Å². The van der Waals surface area contributed by atoms with Crippen LogP contribution in [0.15, 0.2) is 0 Å². The summed E-state index contributed by atoms with van der Waals surface area (Å²) in [7, 11) is 0. The number of esters is 1. The largest absolute Gasteiger partial charge is 0.465 e. The van der Waals surface area contributed by atoms with Crippen molar-refractivity contribution in [2.45, 2.75) is 63.3 Å². The maximum Gasteiger partial charge on any atom is 0.326 e. The van der Waals surface area contributed by atoms with E-state index in [2.05, 4.69) is 0 Å². The van der Waals surface area contributed by atoms with Crippen molar-refractivity contribution in [2.24, 2.45) is 11.7 Å². The summed E-state index contributed by atoms with van der Waals surface area (Å²) in [6.07, 6.45) is 3.33. The van der Waals surface area contributed by atoms with Crippen molar-refractivity contribution >= 4 is 17.7 Å². The normalized spacial score (nSPS) is 30.1. The number of thioether (sulfide) groups is 1. The van der Waals surface area contributed by atoms with Crippen LogP contribution < -0.4 is 5.73 Å². The molecule has 4 unspecified atom stereocenters. The van der Waals surface area contributed by atoms with Crippen LogP contribution in [0.3, 0.4) is 0 Å². The highest BCUT2D eigenvalue weighted by Gasteiger charge is 2.46. The van der Waals surface area contributed by atoms with E-state index in [0.29, 0.717) is 6.61 Å². The molecule has 4 nitrogen and oxygen atoms in total. The first-order chi connectivity index (χ1) is 8.91. The highest BCUT2D eigenvalue weighted by atomic mass is 32.2. The summed E-state index contributed by atoms with van der Waals surface area (Å²) < 4.78 is 5.11. The Morgan fingerprint density at radius 2 is 2.26 bits per heavy atom. The Hall–Kier alpha value is -0.260. The molecule has 19 heavy (non-hydrogen) atoms. The van der Waals surface area contributed by atoms with Gasteiger partial charge in [-0.2, -0.15) is 11.8 Å². The molecule has 0 bridgehead atoms. The van der Waals surface area contributed by atoms with Gasteiger partial charge in [-0.05, 0) is 44.8 Å². The molecule has 3 N–H and O–H groups in total. The summed E-state index contributed by atoms with van der Waals surface area (Å²) in [6.45, 7) is 6.02. The first-order valence-electron chi connectivity index (χ1n) is 7.17. The summed E-state index contributed by atoms with van der Waals surface area (Å²) in [6, 6.07) is 0. The molecule has 112 valence electrons. The van der Waals surface area contributed by atoms with Gasteiger partial charge in [0.1, 0.15) is 5.54 Å². The summed E-state index contributed by atoms with van der Waals surface area (Å²) in [5.74, 6) is 0.890. The van der Waals surface area contributed by atoms with E-state index in [0.717, 1.165) is 31.4 Å². The lowest BCUT2D eigenvalue weighted by Gasteiger charge is -2.29. The molecule has 5 heteroatoms. The van der Waals surface area contributed by atoms with E-state index in [1.165, 1.54) is 0 Å². The molecule has 0 saturated heterocycles. The summed E-state index contributed by atoms with van der Waals surface area (Å²) in [5.41, 5.74) is 5.49. The average Bonchev–Trinajstić information content (AvgIpc) is 2.72. The van der Waals surface area contributed by atoms with Gasteiger partial charge in [-0.1, -0.05) is 13.3 Å². The van der Waals surface area contributed by atoms with E-state index < -0.39 is 5.54 Å². The van der Waals surface area contributed by atoms with Gasteiger partial charge in [0.2, 0.25) is 0 Å². The van der Waals surface area contributed by atoms with Gasteiger partial charge in [0.15, 0.2) is 0 Å². The standard InChI is InChI=1S/C14H27NO3S/c1-4-18-13(17)14(15)8-5-6-12(14)7-9-19-11(3)10(2)16/h10-12,16H,4-9,15H2,1-3H3. The molecule has 1 aliphatic rings. The number of rotatable bonds is 7. The molecule has 0 spiro atoms. The van der Waals surface area contributed by atoms with Crippen LogP contribution in [0.1, 0.15) is 46.5 Å². The zero-order valence-electron chi connectivity index (χ0n) is 12.2. The maximum absolute atomic E-state index is 12.0. The van der Waals surface area contributed by atoms with Gasteiger partial charge < -0.3 is 15.6 Å². The fourth-order valence-corrected chi connectivity index (χ4v) is 3.65. The summed E-state index contributed by atoms with van der Waals surface area (Å²) in [4.78, 5) is 12.0. The Morgan fingerprint density at radius 3 is 2.84 bits per heavy atom. The molecule has 1 saturated carbocycles. The highest BCUT2D eigenvalue weighted by molar-refractivity contribution is 7.99. The second-order valence-electron chi connectivity index (χ2n) is 5.46. The number of carbonyl (C=O) groups excluding carboxylic acids is 1. The van der Waals surface area contributed by atoms with Crippen LogP contribution in [0.25, 0.3) is 0 Å². The molecule has 4 atom stereocenters. The molecule has 0 aromatic heterocycles. The van der Waals surface area contributed by atoms with E-state index in [1.54, 1.807) is 18.7 Å². The van der Waals surface area contributed by atoms with Gasteiger partial charge in [-0.25, -0.2) is 0 Å². The second kappa shape index (κ2) is 7.50. The van der Waals surface area contributed by atoms with Crippen LogP contribution >= 0.6 is 11.8 Å². The Morgan fingerprint density at radius 1 is 1.58 bits per heavy atom. The fraction of sp³-hybridized carbons (Fsp3) is 0.929. The van der Waals surface area contributed by atoms with E-state index >= 15 is 0 Å². The molecule has 1 aliphatic carbocycles. The van der Waals surface area contributed by atoms with Crippen molar-refractivity contribution < 1.29 is 14.6 Å². The number of nitrogens with two attached hydrogens (primary N) is 1. The minimum Gasteiger partial charge on any atom is -0.465 e. The molecular weight excluding hydrogens is 262 g/mol. The van der Waals surface area contributed by atoms with Crippen LogP contribution in [-0.2, 0) is 9.53 Å². The smallest absolute Gasteiger partial charge is 0.326 e. The van der Waals surface area contributed by atoms with E-state index in [9.17, 15) is 9.90 Å². The van der Waals surface area contributed by atoms with Gasteiger partial charge in [0, 0.05) is 5.25 Å². The number of carbonyl (C=O) groups is 1. The van der Waals surface area contributed by atoms with Gasteiger partial charge in [-0.15, -0.1) is 0 Å². The molecule has 0 aromatic rings. The number of hydrogen-bond donors (Lipinski definition) is 2. The Labute approximate surface area is 120 Å². The van der Waals surface area contributed by atoms with Crippen molar-refractivity contribution in [3.05, 3.63) is 0 Å². The molecule has 0 radical (unpaired) electrons. The van der Waals surface area contributed by atoms with E-state index in [1.807, 2.05) is 13.8 Å². The molecule has 0 aliphatic heterocycles. The highest BCUT2D eigenvalue weighted by Crippen LogP contribution is 2.38. The van der Waals surface area contributed by atoms with Crippen LogP contribution in [0.2, 0.25) is 0 Å². The van der Waals surface area contributed by atoms with Crippen molar-refractivity contribution in [1.82, 2.24) is 0 Å². The third kappa shape index (κ3) is 4.36. The summed E-state index contributed by atoms with van der Waals surface area (Å²) >= 11 is 1.74. The zero-order valence-corrected chi connectivity index (χ0v) is 13.0. The Bertz CT molecular complexity index is 298. The lowest BCUT2D eigenvalue weighted by Crippen LogP contribution is -2.52. The number of aliphatic hydroxyl groups is 1. The second-order valence-corrected chi connectivity index (χ2v) is 6.94. The quantitative estimate of drug-likeness (QED) is 0.701. The third-order valence-corrected chi connectivity index (χ3v) is 5.44. The Kier molecular flexibility index (Phi) is 6.63. The maximum atomic E-state index is 12.0. The van der Waals surface area contributed by atoms with Crippen LogP contribution in [0, 0.1) is 5.92 Å². The van der Waals surface area contributed by atoms with Crippen molar-refractivity contribution in [3.63, 3.8) is 0 Å². The molecule has 0 aromatic carbocycles. The molecular formula is C14H27NO3S. The third-order valence-electron chi connectivity index (χ3n) is 4.05. The Balaban J connectivity index is 2.46. The number of hydrogen-bond acceptors (Lipinski definition) is 5. The molecule has 0 amide bonds. The van der Waals surface area contributed by atoms with Crippen molar-refractivity contribution in [3.8, 4) is 0 Å². The van der Waals surface area contributed by atoms with Gasteiger partial charge in [-0.3, -0.25) is 4.79 Å². The van der Waals surface area contributed by atoms with Crippen LogP contribution in [-0.4, -0.2) is 40.3 Å². The average molecular weight is 289 g/mol. The van der Waals surface area contributed by atoms with E-state index in [-0.39, 0.29) is 23.2 Å². The van der Waals surface area contributed by atoms with Crippen molar-refractivity contribution in [1.29, 1.82) is 0 Å².